The smallest absolute Gasteiger partial charge is 0.547 e. The summed E-state index contributed by atoms with van der Waals surface area (Å²) in [6, 6.07) is 0. The minimum Gasteiger partial charge on any atom is -0.547 e. The summed E-state index contributed by atoms with van der Waals surface area (Å²) < 4.78 is 17.9. The average Bonchev–Trinajstić information content (AvgIpc) is 2.33. The minimum atomic E-state index is -1.65. The second-order valence-electron chi connectivity index (χ2n) is 6.47. The van der Waals surface area contributed by atoms with E-state index in [0.29, 0.717) is 12.8 Å². The number of rotatable bonds is 11. The topological polar surface area (TPSA) is 67.8 Å². The van der Waals surface area contributed by atoms with Gasteiger partial charge in [0.05, 0.1) is 24.3 Å². The Labute approximate surface area is 160 Å². The van der Waals surface area contributed by atoms with Gasteiger partial charge in [0.2, 0.25) is 5.79 Å². The molecule has 0 aliphatic heterocycles. The van der Waals surface area contributed by atoms with Crippen molar-refractivity contribution in [2.24, 2.45) is 0 Å². The van der Waals surface area contributed by atoms with Crippen LogP contribution in [0.5, 0.6) is 0 Å². The molecular weight excluding hydrogens is 375 g/mol. The summed E-state index contributed by atoms with van der Waals surface area (Å²) in [7, 11) is 0. The Kier molecular flexibility index (Phi) is 12.1. The van der Waals surface area contributed by atoms with Gasteiger partial charge in [0.15, 0.2) is 5.60 Å². The average molecular weight is 409 g/mol. The molecule has 5 nitrogen and oxygen atoms in total. The van der Waals surface area contributed by atoms with Crippen molar-refractivity contribution in [1.29, 1.82) is 0 Å². The monoisotopic (exact) mass is 407 g/mol. The van der Waals surface area contributed by atoms with Gasteiger partial charge in [0.1, 0.15) is 0 Å². The maximum absolute atomic E-state index is 12.1. The molecule has 1 atom stereocenters. The fraction of sp³-hybridized carbons (Fsp3) is 0.941. The molecule has 135 valence electrons. The quantitative estimate of drug-likeness (QED) is 0.492. The van der Waals surface area contributed by atoms with Crippen molar-refractivity contribution in [2.45, 2.75) is 104 Å². The van der Waals surface area contributed by atoms with Crippen LogP contribution in [-0.4, -0.2) is 35.7 Å². The number of carboxylic acids is 1. The summed E-state index contributed by atoms with van der Waals surface area (Å²) in [5.41, 5.74) is -1.65. The summed E-state index contributed by atoms with van der Waals surface area (Å²) in [4.78, 5) is 12.1. The standard InChI is InChI=1S/C17H34O5.Zr/c1-9-11-17(21-13(5)6,22-14(7)8)16(10-2,15(18)19)20-12(3)4;/h12-14H,9-11H2,1-8H3,(H,18,19);/q;+1/p-1. The van der Waals surface area contributed by atoms with Crippen LogP contribution in [0.25, 0.3) is 0 Å². The van der Waals surface area contributed by atoms with Gasteiger partial charge in [-0.05, 0) is 48.0 Å². The molecule has 0 aliphatic carbocycles. The van der Waals surface area contributed by atoms with E-state index >= 15 is 0 Å². The van der Waals surface area contributed by atoms with E-state index in [1.807, 2.05) is 34.6 Å². The van der Waals surface area contributed by atoms with E-state index in [2.05, 4.69) is 0 Å². The fourth-order valence-corrected chi connectivity index (χ4v) is 2.82. The van der Waals surface area contributed by atoms with E-state index in [1.165, 1.54) is 0 Å². The Morgan fingerprint density at radius 1 is 0.913 bits per heavy atom. The number of aliphatic carboxylic acids is 1. The van der Waals surface area contributed by atoms with Gasteiger partial charge in [-0.2, -0.15) is 0 Å². The van der Waals surface area contributed by atoms with Crippen molar-refractivity contribution in [2.75, 3.05) is 0 Å². The zero-order chi connectivity index (χ0) is 17.6. The van der Waals surface area contributed by atoms with Crippen LogP contribution in [0, 0.1) is 0 Å². The molecule has 0 fully saturated rings. The van der Waals surface area contributed by atoms with Crippen molar-refractivity contribution >= 4 is 5.97 Å². The molecule has 0 aromatic heterocycles. The molecule has 0 rings (SSSR count). The predicted molar refractivity (Wildman–Crippen MR) is 84.3 cm³/mol. The first kappa shape index (κ1) is 25.5. The molecular formula is C17H33O5Zr. The van der Waals surface area contributed by atoms with Gasteiger partial charge in [0, 0.05) is 6.42 Å². The Morgan fingerprint density at radius 2 is 1.30 bits per heavy atom. The summed E-state index contributed by atoms with van der Waals surface area (Å²) in [5, 5.41) is 12.1. The van der Waals surface area contributed by atoms with Gasteiger partial charge < -0.3 is 24.1 Å². The van der Waals surface area contributed by atoms with Crippen LogP contribution < -0.4 is 5.11 Å². The summed E-state index contributed by atoms with van der Waals surface area (Å²) in [6.07, 6.45) is 0.624. The third kappa shape index (κ3) is 6.57. The van der Waals surface area contributed by atoms with Gasteiger partial charge in [-0.1, -0.05) is 20.3 Å². The molecule has 0 saturated carbocycles. The van der Waals surface area contributed by atoms with Crippen LogP contribution in [-0.2, 0) is 45.2 Å². The van der Waals surface area contributed by atoms with Crippen LogP contribution in [0.4, 0.5) is 0 Å². The largest absolute Gasteiger partial charge is 1.00 e. The van der Waals surface area contributed by atoms with Gasteiger partial charge >= 0.3 is 26.2 Å². The maximum Gasteiger partial charge on any atom is 1.00 e. The Bertz CT molecular complexity index is 334. The van der Waals surface area contributed by atoms with Gasteiger partial charge in [-0.25, -0.2) is 0 Å². The number of hydrogen-bond acceptors (Lipinski definition) is 5. The van der Waals surface area contributed by atoms with Crippen molar-refractivity contribution in [3.8, 4) is 0 Å². The molecule has 1 radical (unpaired) electrons. The number of hydrogen-bond donors (Lipinski definition) is 0. The third-order valence-electron chi connectivity index (χ3n) is 3.31. The van der Waals surface area contributed by atoms with E-state index in [9.17, 15) is 9.90 Å². The first-order chi connectivity index (χ1) is 10.1. The Morgan fingerprint density at radius 3 is 1.52 bits per heavy atom. The molecule has 0 spiro atoms. The first-order valence-corrected chi connectivity index (χ1v) is 8.31. The molecule has 0 bridgehead atoms. The Balaban J connectivity index is 0. The summed E-state index contributed by atoms with van der Waals surface area (Å²) in [6.45, 7) is 14.8. The molecule has 0 aromatic rings. The van der Waals surface area contributed by atoms with Crippen LogP contribution in [0.3, 0.4) is 0 Å². The predicted octanol–water partition coefficient (Wildman–Crippen LogP) is 2.65. The van der Waals surface area contributed by atoms with Crippen molar-refractivity contribution in [3.05, 3.63) is 0 Å². The normalized spacial score (nSPS) is 14.9. The van der Waals surface area contributed by atoms with Gasteiger partial charge in [0.25, 0.3) is 0 Å². The molecule has 0 aliphatic rings. The van der Waals surface area contributed by atoms with E-state index in [0.717, 1.165) is 0 Å². The molecule has 0 N–H and O–H groups in total. The molecule has 23 heavy (non-hydrogen) atoms. The van der Waals surface area contributed by atoms with Crippen molar-refractivity contribution < 1.29 is 50.3 Å². The van der Waals surface area contributed by atoms with Crippen LogP contribution >= 0.6 is 0 Å². The number of carboxylic acid groups (broad SMARTS) is 1. The molecule has 0 aromatic carbocycles. The SMILES string of the molecule is CCCC(OC(C)C)(OC(C)C)C(CC)(OC(C)C)C(=O)[O-].[Zr+]. The van der Waals surface area contributed by atoms with Crippen molar-refractivity contribution in [1.82, 2.24) is 0 Å². The summed E-state index contributed by atoms with van der Waals surface area (Å²) >= 11 is 0. The van der Waals surface area contributed by atoms with E-state index in [1.54, 1.807) is 20.8 Å². The second kappa shape index (κ2) is 11.0. The first-order valence-electron chi connectivity index (χ1n) is 8.31. The van der Waals surface area contributed by atoms with E-state index in [-0.39, 0.29) is 50.9 Å². The second-order valence-corrected chi connectivity index (χ2v) is 6.47. The number of ether oxygens (including phenoxy) is 3. The minimum absolute atomic E-state index is 0. The van der Waals surface area contributed by atoms with Crippen LogP contribution in [0.15, 0.2) is 0 Å². The van der Waals surface area contributed by atoms with Gasteiger partial charge in [-0.15, -0.1) is 0 Å². The zero-order valence-corrected chi connectivity index (χ0v) is 18.4. The van der Waals surface area contributed by atoms with Crippen LogP contribution in [0.1, 0.15) is 74.7 Å². The maximum atomic E-state index is 12.1. The molecule has 0 amide bonds. The number of carbonyl (C=O) groups is 1. The molecule has 0 saturated heterocycles. The van der Waals surface area contributed by atoms with E-state index < -0.39 is 17.4 Å². The molecule has 1 unspecified atom stereocenters. The van der Waals surface area contributed by atoms with E-state index in [4.69, 9.17) is 14.2 Å². The number of carbonyl (C=O) groups excluding carboxylic acids is 1. The zero-order valence-electron chi connectivity index (χ0n) is 15.9. The third-order valence-corrected chi connectivity index (χ3v) is 3.31. The van der Waals surface area contributed by atoms with Crippen LogP contribution in [0.2, 0.25) is 0 Å². The molecule has 0 heterocycles. The Hall–Kier alpha value is 0.233. The van der Waals surface area contributed by atoms with Gasteiger partial charge in [-0.3, -0.25) is 0 Å². The van der Waals surface area contributed by atoms with Crippen molar-refractivity contribution in [3.63, 3.8) is 0 Å². The fourth-order valence-electron chi connectivity index (χ4n) is 2.82. The summed E-state index contributed by atoms with van der Waals surface area (Å²) in [5.74, 6) is -2.67. The molecule has 6 heteroatoms.